The topological polar surface area (TPSA) is 305 Å². The van der Waals surface area contributed by atoms with E-state index in [-0.39, 0.29) is 40.5 Å². The van der Waals surface area contributed by atoms with Gasteiger partial charge in [-0.3, -0.25) is 0 Å². The number of nitrogen functional groups attached to an aromatic ring is 5. The van der Waals surface area contributed by atoms with Gasteiger partial charge < -0.3 is 52.4 Å². The molecule has 5 aromatic carbocycles. The van der Waals surface area contributed by atoms with Gasteiger partial charge >= 0.3 is 0 Å². The van der Waals surface area contributed by atoms with E-state index in [1.54, 1.807) is 56.7 Å². The second-order valence-corrected chi connectivity index (χ2v) is 26.3. The predicted molar refractivity (Wildman–Crippen MR) is 390 cm³/mol. The maximum atomic E-state index is 13.6. The van der Waals surface area contributed by atoms with Gasteiger partial charge in [0.05, 0.1) is 108 Å². The van der Waals surface area contributed by atoms with Crippen LogP contribution in [0.1, 0.15) is 74.7 Å². The zero-order valence-electron chi connectivity index (χ0n) is 53.9. The molecule has 0 spiro atoms. The molecule has 510 valence electrons. The van der Waals surface area contributed by atoms with Crippen LogP contribution >= 0.6 is 104 Å². The SMILES string of the molecule is COc1cc(-c2nc(N)nc(C)c2C)c(Cl)cc1Cl.COc1cc(-c2nc(N)nc3c2CCC3)c(Cl)cc1Cl.COc1cc(-c2nc(N)nc3c2CCC3)c(Cl)cc1F.Cc1cc(-c2c(Cl)cc(Cl)c3c2CCO3)nc(N)n1.Cc1nc(N)nc(-c2c(Cl)cc(Cl)c3c2CCO3)c1C. The van der Waals surface area contributed by atoms with Crippen LogP contribution in [0.3, 0.4) is 0 Å². The lowest BCUT2D eigenvalue weighted by Gasteiger charge is -2.14. The van der Waals surface area contributed by atoms with E-state index in [4.69, 9.17) is 157 Å². The lowest BCUT2D eigenvalue weighted by atomic mass is 9.98. The first-order valence-electron chi connectivity index (χ1n) is 30.2. The Bertz CT molecular complexity index is 4650. The van der Waals surface area contributed by atoms with Crippen LogP contribution in [0.5, 0.6) is 28.7 Å². The van der Waals surface area contributed by atoms with E-state index in [0.29, 0.717) is 99.0 Å². The Morgan fingerprint density at radius 2 is 0.755 bits per heavy atom. The maximum Gasteiger partial charge on any atom is 0.220 e. The number of rotatable bonds is 8. The molecular formula is C68H63Cl9FN15O5. The fourth-order valence-corrected chi connectivity index (χ4v) is 14.2. The smallest absolute Gasteiger partial charge is 0.220 e. The number of aryl methyl sites for hydroxylation is 5. The van der Waals surface area contributed by atoms with Crippen molar-refractivity contribution in [2.75, 3.05) is 63.2 Å². The first kappa shape index (κ1) is 72.8. The molecule has 10 aromatic rings. The average Bonchev–Trinajstić information content (AvgIpc) is 1.51. The van der Waals surface area contributed by atoms with Gasteiger partial charge in [-0.25, -0.2) is 54.2 Å². The molecular weight excluding hydrogens is 1440 g/mol. The molecule has 0 atom stereocenters. The third kappa shape index (κ3) is 15.7. The summed E-state index contributed by atoms with van der Waals surface area (Å²) in [4.78, 5) is 42.4. The average molecular weight is 1510 g/mol. The number of aromatic nitrogens is 10. The zero-order chi connectivity index (χ0) is 70.7. The Morgan fingerprint density at radius 3 is 1.23 bits per heavy atom. The van der Waals surface area contributed by atoms with E-state index < -0.39 is 5.82 Å². The standard InChI is InChI=1S/2C14H13Cl2N3O.C14H13ClFN3O.C13H11Cl2N3O.C13H13Cl2N3O/c1-6-7(2)18-14(17)19-12(6)11-8-3-4-20-13(8)10(16)5-9(11)15;2*1-20-12-5-8(9(15)6-10(12)16)13-7-3-2-4-11(7)18-14(17)19-13;1-6-4-10(18-13(16)17-6)11-7-2-3-19-12(7)9(15)5-8(11)14;1-6-7(2)17-13(16)18-12(6)8-4-11(19-3)10(15)5-9(8)14/h5H,3-4H2,1-2H3,(H2,17,18,19);2*5-6H,2-4H2,1H3,(H2,17,18,19);4-5H,2-3H2,1H3,(H2,16,17,18);4-5H,1-3H3,(H2,16,17,18). The van der Waals surface area contributed by atoms with Gasteiger partial charge in [0.25, 0.3) is 0 Å². The third-order valence-corrected chi connectivity index (χ3v) is 19.0. The van der Waals surface area contributed by atoms with Gasteiger partial charge in [-0.1, -0.05) is 104 Å². The van der Waals surface area contributed by atoms with Gasteiger partial charge in [0.1, 0.15) is 23.0 Å². The first-order valence-corrected chi connectivity index (χ1v) is 33.6. The number of anilines is 5. The molecule has 0 radical (unpaired) electrons. The molecule has 2 aliphatic heterocycles. The summed E-state index contributed by atoms with van der Waals surface area (Å²) in [5, 5.41) is 4.40. The van der Waals surface area contributed by atoms with Crippen molar-refractivity contribution < 1.29 is 28.1 Å². The van der Waals surface area contributed by atoms with E-state index in [2.05, 4.69) is 49.8 Å². The number of nitrogens with two attached hydrogens (primary N) is 5. The largest absolute Gasteiger partial charge is 0.495 e. The Morgan fingerprint density at radius 1 is 0.367 bits per heavy atom. The fraction of sp³-hybridized carbons (Fsp3) is 0.265. The predicted octanol–water partition coefficient (Wildman–Crippen LogP) is 17.1. The van der Waals surface area contributed by atoms with Crippen molar-refractivity contribution >= 4 is 134 Å². The highest BCUT2D eigenvalue weighted by Crippen LogP contribution is 2.48. The summed E-state index contributed by atoms with van der Waals surface area (Å²) in [6, 6.07) is 14.8. The van der Waals surface area contributed by atoms with Crippen LogP contribution in [-0.2, 0) is 38.5 Å². The Balaban J connectivity index is 0.000000133. The van der Waals surface area contributed by atoms with Gasteiger partial charge in [0.2, 0.25) is 29.7 Å². The number of fused-ring (bicyclic) bond motifs is 4. The molecule has 20 nitrogen and oxygen atoms in total. The van der Waals surface area contributed by atoms with Crippen LogP contribution < -0.4 is 52.4 Å². The van der Waals surface area contributed by atoms with E-state index in [9.17, 15) is 4.39 Å². The number of benzene rings is 5. The normalized spacial score (nSPS) is 12.8. The highest BCUT2D eigenvalue weighted by molar-refractivity contribution is 6.39. The maximum absolute atomic E-state index is 13.6. The molecule has 0 bridgehead atoms. The summed E-state index contributed by atoms with van der Waals surface area (Å²) < 4.78 is 40.2. The third-order valence-electron chi connectivity index (χ3n) is 16.3. The van der Waals surface area contributed by atoms with Crippen molar-refractivity contribution in [2.24, 2.45) is 0 Å². The molecule has 2 aliphatic carbocycles. The molecule has 0 saturated carbocycles. The summed E-state index contributed by atoms with van der Waals surface area (Å²) in [7, 11) is 4.53. The highest BCUT2D eigenvalue weighted by Gasteiger charge is 2.29. The molecule has 0 fully saturated rings. The molecule has 7 heterocycles. The van der Waals surface area contributed by atoms with Crippen LogP contribution in [0.25, 0.3) is 56.3 Å². The number of hydrogen-bond acceptors (Lipinski definition) is 20. The molecule has 4 aliphatic rings. The van der Waals surface area contributed by atoms with Crippen molar-refractivity contribution in [3.8, 4) is 85.0 Å². The van der Waals surface area contributed by atoms with Crippen molar-refractivity contribution in [1.82, 2.24) is 49.8 Å². The number of halogens is 10. The van der Waals surface area contributed by atoms with Gasteiger partial charge in [-0.2, -0.15) is 0 Å². The van der Waals surface area contributed by atoms with E-state index >= 15 is 0 Å². The minimum absolute atomic E-state index is 0.133. The molecule has 30 heteroatoms. The molecule has 0 unspecified atom stereocenters. The van der Waals surface area contributed by atoms with Crippen LogP contribution in [0.4, 0.5) is 34.1 Å². The van der Waals surface area contributed by atoms with Crippen LogP contribution in [0.2, 0.25) is 45.2 Å². The quantitative estimate of drug-likeness (QED) is 0.0944. The number of ether oxygens (including phenoxy) is 5. The lowest BCUT2D eigenvalue weighted by molar-refractivity contribution is 0.357. The second kappa shape index (κ2) is 31.1. The van der Waals surface area contributed by atoms with Gasteiger partial charge in [-0.15, -0.1) is 0 Å². The summed E-state index contributed by atoms with van der Waals surface area (Å²) in [5.74, 6) is 3.28. The Hall–Kier alpha value is -7.96. The summed E-state index contributed by atoms with van der Waals surface area (Å²) >= 11 is 55.8. The zero-order valence-corrected chi connectivity index (χ0v) is 60.8. The van der Waals surface area contributed by atoms with Gasteiger partial charge in [0, 0.05) is 91.4 Å². The van der Waals surface area contributed by atoms with E-state index in [0.717, 1.165) is 147 Å². The minimum Gasteiger partial charge on any atom is -0.495 e. The molecule has 0 amide bonds. The monoisotopic (exact) mass is 1500 g/mol. The van der Waals surface area contributed by atoms with Crippen molar-refractivity contribution in [3.05, 3.63) is 167 Å². The highest BCUT2D eigenvalue weighted by atomic mass is 35.5. The molecule has 0 saturated heterocycles. The van der Waals surface area contributed by atoms with E-state index in [1.807, 2.05) is 40.7 Å². The summed E-state index contributed by atoms with van der Waals surface area (Å²) in [5.41, 5.74) is 46.5. The molecule has 98 heavy (non-hydrogen) atoms. The number of methoxy groups -OCH3 is 3. The molecule has 10 N–H and O–H groups in total. The van der Waals surface area contributed by atoms with Gasteiger partial charge in [0.15, 0.2) is 11.6 Å². The van der Waals surface area contributed by atoms with Crippen LogP contribution in [-0.4, -0.2) is 84.4 Å². The van der Waals surface area contributed by atoms with Crippen molar-refractivity contribution in [1.29, 1.82) is 0 Å². The Labute approximate surface area is 609 Å². The summed E-state index contributed by atoms with van der Waals surface area (Å²) in [6.45, 7) is 10.7. The first-order chi connectivity index (χ1) is 46.7. The van der Waals surface area contributed by atoms with Crippen LogP contribution in [0, 0.1) is 40.4 Å². The number of nitrogens with zero attached hydrogens (tertiary/aromatic N) is 10. The minimum atomic E-state index is -0.500. The lowest BCUT2D eigenvalue weighted by Crippen LogP contribution is -2.03. The fourth-order valence-electron chi connectivity index (χ4n) is 11.6. The van der Waals surface area contributed by atoms with Crippen molar-refractivity contribution in [3.63, 3.8) is 0 Å². The number of hydrogen-bond donors (Lipinski definition) is 5. The van der Waals surface area contributed by atoms with Crippen molar-refractivity contribution in [2.45, 2.75) is 86.0 Å². The molecule has 5 aromatic heterocycles. The summed E-state index contributed by atoms with van der Waals surface area (Å²) in [6.07, 6.45) is 7.20. The van der Waals surface area contributed by atoms with Gasteiger partial charge in [-0.05, 0) is 139 Å². The van der Waals surface area contributed by atoms with Crippen LogP contribution in [0.15, 0.2) is 54.6 Å². The Kier molecular flexibility index (Phi) is 23.1. The second-order valence-electron chi connectivity index (χ2n) is 22.6. The van der Waals surface area contributed by atoms with E-state index in [1.165, 1.54) is 13.2 Å². The molecule has 14 rings (SSSR count).